The fraction of sp³-hybridized carbons (Fsp3) is 0.350. The Morgan fingerprint density at radius 2 is 1.91 bits per heavy atom. The molecule has 4 rings (SSSR count). The number of hydrogen-bond donors (Lipinski definition) is 1. The predicted octanol–water partition coefficient (Wildman–Crippen LogP) is 5.09. The van der Waals surface area contributed by atoms with Gasteiger partial charge in [0.2, 0.25) is 0 Å². The van der Waals surface area contributed by atoms with E-state index in [0.29, 0.717) is 0 Å². The summed E-state index contributed by atoms with van der Waals surface area (Å²) in [6.45, 7) is 2.19. The number of thiophene rings is 1. The van der Waals surface area contributed by atoms with Crippen LogP contribution < -0.4 is 5.56 Å². The molecular formula is C20H21NOS. The van der Waals surface area contributed by atoms with Crippen molar-refractivity contribution in [3.63, 3.8) is 0 Å². The van der Waals surface area contributed by atoms with E-state index in [4.69, 9.17) is 0 Å². The maximum atomic E-state index is 12.6. The fourth-order valence-electron chi connectivity index (χ4n) is 3.58. The van der Waals surface area contributed by atoms with Gasteiger partial charge in [0.05, 0.1) is 5.39 Å². The largest absolute Gasteiger partial charge is 0.321 e. The number of aromatic amines is 1. The van der Waals surface area contributed by atoms with Crippen molar-refractivity contribution in [3.05, 3.63) is 56.7 Å². The number of aromatic nitrogens is 1. The van der Waals surface area contributed by atoms with E-state index in [1.165, 1.54) is 28.8 Å². The van der Waals surface area contributed by atoms with Crippen molar-refractivity contribution in [2.24, 2.45) is 0 Å². The third-order valence-electron chi connectivity index (χ3n) is 4.75. The average molecular weight is 323 g/mol. The van der Waals surface area contributed by atoms with Crippen molar-refractivity contribution < 1.29 is 0 Å². The molecule has 0 amide bonds. The van der Waals surface area contributed by atoms with Crippen LogP contribution in [0.4, 0.5) is 0 Å². The minimum Gasteiger partial charge on any atom is -0.321 e. The van der Waals surface area contributed by atoms with Crippen LogP contribution in [0.2, 0.25) is 0 Å². The molecule has 0 spiro atoms. The van der Waals surface area contributed by atoms with E-state index in [0.717, 1.165) is 47.0 Å². The van der Waals surface area contributed by atoms with Gasteiger partial charge in [-0.1, -0.05) is 37.6 Å². The molecule has 0 fully saturated rings. The Hall–Kier alpha value is -1.87. The summed E-state index contributed by atoms with van der Waals surface area (Å²) >= 11 is 1.81. The van der Waals surface area contributed by atoms with Gasteiger partial charge in [-0.3, -0.25) is 4.79 Å². The molecule has 0 saturated carbocycles. The van der Waals surface area contributed by atoms with Crippen LogP contribution in [0.5, 0.6) is 0 Å². The third-order valence-corrected chi connectivity index (χ3v) is 5.99. The second-order valence-electron chi connectivity index (χ2n) is 6.41. The Kier molecular flexibility index (Phi) is 3.82. The molecule has 2 heterocycles. The van der Waals surface area contributed by atoms with E-state index < -0.39 is 0 Å². The molecule has 0 atom stereocenters. The van der Waals surface area contributed by atoms with Crippen LogP contribution in [0.25, 0.3) is 21.3 Å². The van der Waals surface area contributed by atoms with Gasteiger partial charge in [-0.05, 0) is 54.9 Å². The Bertz CT molecular complexity index is 902. The molecule has 23 heavy (non-hydrogen) atoms. The summed E-state index contributed by atoms with van der Waals surface area (Å²) in [5.41, 5.74) is 4.77. The second kappa shape index (κ2) is 5.97. The van der Waals surface area contributed by atoms with Gasteiger partial charge in [0.1, 0.15) is 0 Å². The molecule has 1 aliphatic rings. The summed E-state index contributed by atoms with van der Waals surface area (Å²) in [6.07, 6.45) is 6.91. The number of aryl methyl sites for hydroxylation is 3. The summed E-state index contributed by atoms with van der Waals surface area (Å²) in [7, 11) is 0. The monoisotopic (exact) mass is 323 g/mol. The highest BCUT2D eigenvalue weighted by molar-refractivity contribution is 7.19. The Labute approximate surface area is 140 Å². The first-order valence-corrected chi connectivity index (χ1v) is 9.35. The molecule has 0 aliphatic heterocycles. The van der Waals surface area contributed by atoms with Gasteiger partial charge in [0.15, 0.2) is 0 Å². The summed E-state index contributed by atoms with van der Waals surface area (Å²) in [5.74, 6) is 0. The zero-order valence-corrected chi connectivity index (χ0v) is 14.3. The summed E-state index contributed by atoms with van der Waals surface area (Å²) in [6, 6.07) is 10.7. The van der Waals surface area contributed by atoms with Gasteiger partial charge in [-0.25, -0.2) is 0 Å². The van der Waals surface area contributed by atoms with Crippen LogP contribution >= 0.6 is 11.3 Å². The van der Waals surface area contributed by atoms with Crippen molar-refractivity contribution in [3.8, 4) is 11.3 Å². The lowest BCUT2D eigenvalue weighted by Crippen LogP contribution is -2.09. The van der Waals surface area contributed by atoms with E-state index in [-0.39, 0.29) is 5.56 Å². The molecule has 3 heteroatoms. The Morgan fingerprint density at radius 3 is 2.70 bits per heavy atom. The summed E-state index contributed by atoms with van der Waals surface area (Å²) in [4.78, 5) is 17.2. The molecule has 0 saturated heterocycles. The van der Waals surface area contributed by atoms with Gasteiger partial charge in [-0.15, -0.1) is 11.3 Å². The van der Waals surface area contributed by atoms with Gasteiger partial charge in [-0.2, -0.15) is 0 Å². The number of hydrogen-bond acceptors (Lipinski definition) is 2. The molecule has 1 aliphatic carbocycles. The highest BCUT2D eigenvalue weighted by atomic mass is 32.1. The summed E-state index contributed by atoms with van der Waals surface area (Å²) < 4.78 is 1.15. The third kappa shape index (κ3) is 2.63. The quantitative estimate of drug-likeness (QED) is 0.715. The minimum absolute atomic E-state index is 0.0783. The zero-order chi connectivity index (χ0) is 15.8. The van der Waals surface area contributed by atoms with E-state index in [1.54, 1.807) is 0 Å². The Morgan fingerprint density at radius 1 is 1.13 bits per heavy atom. The normalized spacial score (nSPS) is 14.1. The molecule has 0 unspecified atom stereocenters. The first-order valence-electron chi connectivity index (χ1n) is 8.53. The van der Waals surface area contributed by atoms with Crippen LogP contribution in [0.1, 0.15) is 42.2 Å². The average Bonchev–Trinajstić information content (AvgIpc) is 2.94. The molecule has 1 N–H and O–H groups in total. The SMILES string of the molecule is CCCc1ccc(-c2cc3sc4c(c3c(=O)[nH]2)CCCC4)cc1. The standard InChI is InChI=1S/C20H21NOS/c1-2-5-13-8-10-14(11-9-13)16-12-18-19(20(22)21-16)15-6-3-4-7-17(15)23-18/h8-12H,2-7H2,1H3,(H,21,22). The van der Waals surface area contributed by atoms with Crippen molar-refractivity contribution in [2.75, 3.05) is 0 Å². The first kappa shape index (κ1) is 14.7. The molecular weight excluding hydrogens is 302 g/mol. The van der Waals surface area contributed by atoms with Crippen molar-refractivity contribution in [2.45, 2.75) is 45.4 Å². The lowest BCUT2D eigenvalue weighted by Gasteiger charge is -2.09. The van der Waals surface area contributed by atoms with E-state index in [9.17, 15) is 4.79 Å². The van der Waals surface area contributed by atoms with Crippen molar-refractivity contribution in [1.82, 2.24) is 4.98 Å². The van der Waals surface area contributed by atoms with Gasteiger partial charge >= 0.3 is 0 Å². The smallest absolute Gasteiger partial charge is 0.257 e. The van der Waals surface area contributed by atoms with E-state index in [2.05, 4.69) is 42.2 Å². The van der Waals surface area contributed by atoms with Crippen LogP contribution in [0, 0.1) is 0 Å². The van der Waals surface area contributed by atoms with Gasteiger partial charge in [0, 0.05) is 15.3 Å². The maximum absolute atomic E-state index is 12.6. The number of pyridine rings is 1. The zero-order valence-electron chi connectivity index (χ0n) is 13.4. The van der Waals surface area contributed by atoms with Crippen LogP contribution in [-0.2, 0) is 19.3 Å². The molecule has 3 aromatic rings. The minimum atomic E-state index is 0.0783. The van der Waals surface area contributed by atoms with Gasteiger partial charge in [0.25, 0.3) is 5.56 Å². The number of fused-ring (bicyclic) bond motifs is 3. The fourth-order valence-corrected chi connectivity index (χ4v) is 4.92. The molecule has 2 aromatic heterocycles. The van der Waals surface area contributed by atoms with E-state index in [1.807, 2.05) is 11.3 Å². The predicted molar refractivity (Wildman–Crippen MR) is 98.5 cm³/mol. The van der Waals surface area contributed by atoms with Crippen molar-refractivity contribution in [1.29, 1.82) is 0 Å². The Balaban J connectivity index is 1.80. The molecule has 2 nitrogen and oxygen atoms in total. The second-order valence-corrected chi connectivity index (χ2v) is 7.55. The topological polar surface area (TPSA) is 32.9 Å². The lowest BCUT2D eigenvalue weighted by atomic mass is 9.96. The van der Waals surface area contributed by atoms with Crippen molar-refractivity contribution >= 4 is 21.4 Å². The van der Waals surface area contributed by atoms with Crippen LogP contribution in [0.3, 0.4) is 0 Å². The molecule has 1 aromatic carbocycles. The highest BCUT2D eigenvalue weighted by Gasteiger charge is 2.18. The highest BCUT2D eigenvalue weighted by Crippen LogP contribution is 2.35. The molecule has 0 bridgehead atoms. The van der Waals surface area contributed by atoms with Gasteiger partial charge < -0.3 is 4.98 Å². The van der Waals surface area contributed by atoms with E-state index >= 15 is 0 Å². The molecule has 118 valence electrons. The number of H-pyrrole nitrogens is 1. The first-order chi connectivity index (χ1) is 11.3. The number of nitrogens with one attached hydrogen (secondary N) is 1. The lowest BCUT2D eigenvalue weighted by molar-refractivity contribution is 0.700. The van der Waals surface area contributed by atoms with Crippen LogP contribution in [-0.4, -0.2) is 4.98 Å². The molecule has 0 radical (unpaired) electrons. The number of rotatable bonds is 3. The van der Waals surface area contributed by atoms with Crippen LogP contribution in [0.15, 0.2) is 35.1 Å². The number of benzene rings is 1. The maximum Gasteiger partial charge on any atom is 0.257 e. The summed E-state index contributed by atoms with van der Waals surface area (Å²) in [5, 5.41) is 0.941.